The zero-order chi connectivity index (χ0) is 15.0. The summed E-state index contributed by atoms with van der Waals surface area (Å²) in [5, 5.41) is 2.77. The highest BCUT2D eigenvalue weighted by molar-refractivity contribution is 7.89. The lowest BCUT2D eigenvalue weighted by atomic mass is 9.84. The highest BCUT2D eigenvalue weighted by Crippen LogP contribution is 2.49. The van der Waals surface area contributed by atoms with Gasteiger partial charge in [0.15, 0.2) is 0 Å². The number of fused-ring (bicyclic) bond motifs is 2. The van der Waals surface area contributed by atoms with Crippen LogP contribution in [0.1, 0.15) is 32.6 Å². The molecule has 0 spiro atoms. The molecule has 1 heterocycles. The normalized spacial score (nSPS) is 29.5. The molecule has 3 rings (SSSR count). The topological polar surface area (TPSA) is 84.0 Å². The smallest absolute Gasteiger partial charge is 0.243 e. The second-order valence-electron chi connectivity index (χ2n) is 6.24. The van der Waals surface area contributed by atoms with Gasteiger partial charge in [-0.05, 0) is 43.9 Å². The molecule has 1 aromatic heterocycles. The summed E-state index contributed by atoms with van der Waals surface area (Å²) >= 11 is 0. The molecule has 2 bridgehead atoms. The van der Waals surface area contributed by atoms with E-state index in [9.17, 15) is 8.42 Å². The number of hydrogen-bond acceptors (Lipinski definition) is 5. The first-order valence-corrected chi connectivity index (χ1v) is 9.00. The van der Waals surface area contributed by atoms with E-state index in [1.807, 2.05) is 6.92 Å². The van der Waals surface area contributed by atoms with Crippen molar-refractivity contribution < 1.29 is 8.42 Å². The number of hydrogen-bond donors (Lipinski definition) is 2. The Kier molecular flexibility index (Phi) is 3.88. The molecule has 1 aromatic rings. The molecule has 2 aliphatic rings. The van der Waals surface area contributed by atoms with Crippen molar-refractivity contribution in [2.45, 2.75) is 43.5 Å². The average Bonchev–Trinajstić information content (AvgIpc) is 3.09. The summed E-state index contributed by atoms with van der Waals surface area (Å²) in [5.41, 5.74) is 0. The maximum atomic E-state index is 12.4. The van der Waals surface area contributed by atoms with Gasteiger partial charge in [0.25, 0.3) is 0 Å². The van der Waals surface area contributed by atoms with Gasteiger partial charge in [-0.25, -0.2) is 23.1 Å². The Morgan fingerprint density at radius 2 is 1.95 bits per heavy atom. The fourth-order valence-electron chi connectivity index (χ4n) is 3.89. The quantitative estimate of drug-likeness (QED) is 0.863. The molecule has 0 amide bonds. The second-order valence-corrected chi connectivity index (χ2v) is 7.96. The largest absolute Gasteiger partial charge is 0.357 e. The van der Waals surface area contributed by atoms with Crippen LogP contribution in [0.15, 0.2) is 17.3 Å². The van der Waals surface area contributed by atoms with Gasteiger partial charge in [-0.3, -0.25) is 0 Å². The van der Waals surface area contributed by atoms with E-state index in [4.69, 9.17) is 0 Å². The maximum Gasteiger partial charge on any atom is 0.243 e. The first-order valence-electron chi connectivity index (χ1n) is 7.51. The lowest BCUT2D eigenvalue weighted by Crippen LogP contribution is -2.40. The molecule has 0 aromatic carbocycles. The van der Waals surface area contributed by atoms with E-state index in [-0.39, 0.29) is 10.9 Å². The number of sulfonamides is 1. The molecule has 6 nitrogen and oxygen atoms in total. The summed E-state index contributed by atoms with van der Waals surface area (Å²) in [4.78, 5) is 8.05. The van der Waals surface area contributed by atoms with Gasteiger partial charge < -0.3 is 5.32 Å². The monoisotopic (exact) mass is 310 g/mol. The first kappa shape index (κ1) is 14.7. The molecule has 21 heavy (non-hydrogen) atoms. The Morgan fingerprint density at radius 1 is 1.24 bits per heavy atom. The predicted molar refractivity (Wildman–Crippen MR) is 80.3 cm³/mol. The van der Waals surface area contributed by atoms with E-state index in [0.29, 0.717) is 17.8 Å². The molecular weight excluding hydrogens is 288 g/mol. The fourth-order valence-corrected chi connectivity index (χ4v) is 5.07. The Morgan fingerprint density at radius 3 is 2.48 bits per heavy atom. The summed E-state index contributed by atoms with van der Waals surface area (Å²) in [6.07, 6.45) is 7.69. The van der Waals surface area contributed by atoms with Crippen LogP contribution in [0.2, 0.25) is 0 Å². The molecule has 4 atom stereocenters. The van der Waals surface area contributed by atoms with E-state index in [1.54, 1.807) is 7.05 Å². The molecule has 2 N–H and O–H groups in total. The van der Waals surface area contributed by atoms with Crippen LogP contribution in [0.5, 0.6) is 0 Å². The van der Waals surface area contributed by atoms with E-state index < -0.39 is 10.0 Å². The van der Waals surface area contributed by atoms with Crippen LogP contribution in [-0.2, 0) is 10.0 Å². The molecule has 116 valence electrons. The lowest BCUT2D eigenvalue weighted by molar-refractivity contribution is 0.280. The lowest BCUT2D eigenvalue weighted by Gasteiger charge is -2.28. The minimum absolute atomic E-state index is 0.0331. The Balaban J connectivity index is 1.70. The van der Waals surface area contributed by atoms with Crippen LogP contribution in [0.3, 0.4) is 0 Å². The van der Waals surface area contributed by atoms with Crippen molar-refractivity contribution in [3.8, 4) is 0 Å². The number of rotatable bonds is 5. The van der Waals surface area contributed by atoms with Gasteiger partial charge in [-0.15, -0.1) is 0 Å². The first-order chi connectivity index (χ1) is 9.99. The Bertz CT molecular complexity index is 602. The molecule has 2 aliphatic carbocycles. The third-order valence-corrected chi connectivity index (χ3v) is 6.45. The zero-order valence-corrected chi connectivity index (χ0v) is 13.2. The number of aromatic nitrogens is 2. The van der Waals surface area contributed by atoms with Crippen molar-refractivity contribution in [1.29, 1.82) is 0 Å². The van der Waals surface area contributed by atoms with Crippen LogP contribution in [0.4, 0.5) is 5.95 Å². The number of anilines is 1. The van der Waals surface area contributed by atoms with Gasteiger partial charge in [0.05, 0.1) is 12.4 Å². The summed E-state index contributed by atoms with van der Waals surface area (Å²) in [7, 11) is -1.85. The highest BCUT2D eigenvalue weighted by Gasteiger charge is 2.42. The van der Waals surface area contributed by atoms with Crippen molar-refractivity contribution >= 4 is 16.0 Å². The van der Waals surface area contributed by atoms with Crippen molar-refractivity contribution in [2.24, 2.45) is 17.8 Å². The molecule has 7 heteroatoms. The van der Waals surface area contributed by atoms with Crippen LogP contribution in [0, 0.1) is 17.8 Å². The summed E-state index contributed by atoms with van der Waals surface area (Å²) in [6.45, 7) is 1.98. The molecule has 2 saturated carbocycles. The average molecular weight is 310 g/mol. The van der Waals surface area contributed by atoms with E-state index in [0.717, 1.165) is 12.3 Å². The molecule has 0 aliphatic heterocycles. The van der Waals surface area contributed by atoms with Crippen LogP contribution in [0.25, 0.3) is 0 Å². The van der Waals surface area contributed by atoms with Crippen LogP contribution in [-0.4, -0.2) is 31.5 Å². The van der Waals surface area contributed by atoms with Gasteiger partial charge in [-0.1, -0.05) is 6.42 Å². The number of nitrogens with zero attached hydrogens (tertiary/aromatic N) is 2. The third-order valence-electron chi connectivity index (χ3n) is 4.94. The van der Waals surface area contributed by atoms with Gasteiger partial charge in [0.2, 0.25) is 16.0 Å². The predicted octanol–water partition coefficient (Wildman–Crippen LogP) is 1.62. The maximum absolute atomic E-state index is 12.4. The van der Waals surface area contributed by atoms with E-state index >= 15 is 0 Å². The van der Waals surface area contributed by atoms with E-state index in [1.165, 1.54) is 31.7 Å². The van der Waals surface area contributed by atoms with E-state index in [2.05, 4.69) is 20.0 Å². The minimum Gasteiger partial charge on any atom is -0.357 e. The van der Waals surface area contributed by atoms with Crippen LogP contribution >= 0.6 is 0 Å². The van der Waals surface area contributed by atoms with Gasteiger partial charge >= 0.3 is 0 Å². The van der Waals surface area contributed by atoms with Crippen LogP contribution < -0.4 is 10.0 Å². The van der Waals surface area contributed by atoms with Crippen molar-refractivity contribution in [2.75, 3.05) is 12.4 Å². The van der Waals surface area contributed by atoms with Crippen molar-refractivity contribution in [1.82, 2.24) is 14.7 Å². The minimum atomic E-state index is -3.54. The van der Waals surface area contributed by atoms with Gasteiger partial charge in [0, 0.05) is 13.1 Å². The molecule has 0 saturated heterocycles. The summed E-state index contributed by atoms with van der Waals surface area (Å²) in [5.74, 6) is 2.38. The zero-order valence-electron chi connectivity index (χ0n) is 12.4. The summed E-state index contributed by atoms with van der Waals surface area (Å²) in [6, 6.07) is -0.0331. The standard InChI is InChI=1S/C14H22N4O2S/c1-9(13-6-10-3-4-11(13)5-10)18-21(19,20)12-7-16-14(15-2)17-8-12/h7-11,13,18H,3-6H2,1-2H3,(H,15,16,17). The number of nitrogens with one attached hydrogen (secondary N) is 2. The molecule has 0 radical (unpaired) electrons. The van der Waals surface area contributed by atoms with Gasteiger partial charge in [0.1, 0.15) is 4.90 Å². The second kappa shape index (κ2) is 5.53. The molecule has 4 unspecified atom stereocenters. The SMILES string of the molecule is CNc1ncc(S(=O)(=O)NC(C)C2CC3CCC2C3)cn1. The summed E-state index contributed by atoms with van der Waals surface area (Å²) < 4.78 is 27.6. The van der Waals surface area contributed by atoms with Gasteiger partial charge in [-0.2, -0.15) is 0 Å². The molecule has 2 fully saturated rings. The van der Waals surface area contributed by atoms with Crippen molar-refractivity contribution in [3.05, 3.63) is 12.4 Å². The Hall–Kier alpha value is -1.21. The Labute approximate surface area is 125 Å². The highest BCUT2D eigenvalue weighted by atomic mass is 32.2. The van der Waals surface area contributed by atoms with Crippen molar-refractivity contribution in [3.63, 3.8) is 0 Å². The third kappa shape index (κ3) is 2.89. The molecular formula is C14H22N4O2S. The fraction of sp³-hybridized carbons (Fsp3) is 0.714.